The number of hydrogen-bond acceptors (Lipinski definition) is 6. The number of rotatable bonds is 5. The van der Waals surface area contributed by atoms with E-state index in [4.69, 9.17) is 4.52 Å². The lowest BCUT2D eigenvalue weighted by molar-refractivity contribution is -0.133. The van der Waals surface area contributed by atoms with E-state index >= 15 is 0 Å². The molecule has 0 radical (unpaired) electrons. The number of aromatic amines is 1. The van der Waals surface area contributed by atoms with E-state index in [1.165, 1.54) is 11.6 Å². The number of H-pyrrole nitrogens is 1. The van der Waals surface area contributed by atoms with E-state index in [9.17, 15) is 9.59 Å². The van der Waals surface area contributed by atoms with Crippen molar-refractivity contribution in [2.45, 2.75) is 58.9 Å². The number of aryl methyl sites for hydroxylation is 1. The Morgan fingerprint density at radius 2 is 2.00 bits per heavy atom. The van der Waals surface area contributed by atoms with Crippen LogP contribution in [0.25, 0.3) is 11.5 Å². The summed E-state index contributed by atoms with van der Waals surface area (Å²) in [5, 5.41) is 8.71. The summed E-state index contributed by atoms with van der Waals surface area (Å²) in [5.74, 6) is 1.34. The molecular formula is C22H28N6O3. The molecule has 31 heavy (non-hydrogen) atoms. The lowest BCUT2D eigenvalue weighted by Crippen LogP contribution is -2.39. The van der Waals surface area contributed by atoms with Crippen molar-refractivity contribution in [1.82, 2.24) is 29.8 Å². The fourth-order valence-corrected chi connectivity index (χ4v) is 4.09. The third-order valence-corrected chi connectivity index (χ3v) is 6.26. The molecule has 3 aromatic rings. The van der Waals surface area contributed by atoms with Crippen LogP contribution in [0.15, 0.2) is 27.6 Å². The van der Waals surface area contributed by atoms with Crippen molar-refractivity contribution in [3.05, 3.63) is 51.5 Å². The summed E-state index contributed by atoms with van der Waals surface area (Å²) in [4.78, 5) is 33.1. The van der Waals surface area contributed by atoms with E-state index in [-0.39, 0.29) is 23.4 Å². The van der Waals surface area contributed by atoms with Crippen molar-refractivity contribution in [2.24, 2.45) is 0 Å². The summed E-state index contributed by atoms with van der Waals surface area (Å²) in [5.41, 5.74) is 3.81. The second-order valence-corrected chi connectivity index (χ2v) is 8.35. The molecule has 1 aliphatic rings. The van der Waals surface area contributed by atoms with Gasteiger partial charge in [0.05, 0.1) is 17.3 Å². The molecule has 4 heterocycles. The highest BCUT2D eigenvalue weighted by Crippen LogP contribution is 2.29. The Bertz CT molecular complexity index is 1120. The number of carbonyl (C=O) groups excluding carboxylic acids is 1. The lowest BCUT2D eigenvalue weighted by Gasteiger charge is -2.31. The van der Waals surface area contributed by atoms with Gasteiger partial charge in [-0.25, -0.2) is 0 Å². The van der Waals surface area contributed by atoms with Crippen LogP contribution in [0, 0.1) is 20.8 Å². The average Bonchev–Trinajstić information content (AvgIpc) is 3.35. The largest absolute Gasteiger partial charge is 0.343 e. The van der Waals surface area contributed by atoms with E-state index in [0.29, 0.717) is 36.8 Å². The second-order valence-electron chi connectivity index (χ2n) is 8.35. The van der Waals surface area contributed by atoms with Crippen LogP contribution < -0.4 is 5.56 Å². The first-order valence-corrected chi connectivity index (χ1v) is 10.7. The summed E-state index contributed by atoms with van der Waals surface area (Å²) in [6.45, 7) is 9.51. The number of likely N-dealkylation sites (tertiary alicyclic amines) is 1. The zero-order valence-electron chi connectivity index (χ0n) is 18.4. The molecule has 1 atom stereocenters. The minimum absolute atomic E-state index is 0.0229. The van der Waals surface area contributed by atoms with Crippen LogP contribution in [0.3, 0.4) is 0 Å². The van der Waals surface area contributed by atoms with Gasteiger partial charge < -0.3 is 14.4 Å². The van der Waals surface area contributed by atoms with E-state index in [2.05, 4.69) is 27.1 Å². The van der Waals surface area contributed by atoms with E-state index in [0.717, 1.165) is 24.2 Å². The molecule has 0 saturated carbocycles. The minimum atomic E-state index is -0.178. The number of nitrogens with zero attached hydrogens (tertiary/aromatic N) is 5. The van der Waals surface area contributed by atoms with Crippen molar-refractivity contribution in [3.63, 3.8) is 0 Å². The first-order valence-electron chi connectivity index (χ1n) is 10.7. The predicted octanol–water partition coefficient (Wildman–Crippen LogP) is 2.90. The Balaban J connectivity index is 1.34. The molecular weight excluding hydrogens is 396 g/mol. The summed E-state index contributed by atoms with van der Waals surface area (Å²) in [6.07, 6.45) is 3.59. The highest BCUT2D eigenvalue weighted by molar-refractivity contribution is 5.76. The van der Waals surface area contributed by atoms with Crippen LogP contribution in [0.1, 0.15) is 60.9 Å². The molecule has 1 saturated heterocycles. The summed E-state index contributed by atoms with van der Waals surface area (Å²) < 4.78 is 7.33. The molecule has 0 aliphatic carbocycles. The Morgan fingerprint density at radius 1 is 1.26 bits per heavy atom. The molecule has 3 aromatic heterocycles. The lowest BCUT2D eigenvalue weighted by atomic mass is 9.95. The molecule has 9 nitrogen and oxygen atoms in total. The van der Waals surface area contributed by atoms with Crippen molar-refractivity contribution < 1.29 is 9.32 Å². The normalized spacial score (nSPS) is 15.9. The number of amides is 1. The van der Waals surface area contributed by atoms with Crippen LogP contribution in [0.2, 0.25) is 0 Å². The maximum absolute atomic E-state index is 12.9. The monoisotopic (exact) mass is 424 g/mol. The van der Waals surface area contributed by atoms with Crippen molar-refractivity contribution in [2.75, 3.05) is 13.1 Å². The van der Waals surface area contributed by atoms with Gasteiger partial charge >= 0.3 is 0 Å². The van der Waals surface area contributed by atoms with Gasteiger partial charge in [-0.3, -0.25) is 14.3 Å². The maximum atomic E-state index is 12.9. The van der Waals surface area contributed by atoms with Gasteiger partial charge in [0.2, 0.25) is 11.5 Å². The van der Waals surface area contributed by atoms with Crippen molar-refractivity contribution in [3.8, 4) is 11.5 Å². The van der Waals surface area contributed by atoms with Gasteiger partial charge in [-0.05, 0) is 52.2 Å². The van der Waals surface area contributed by atoms with Crippen LogP contribution in [-0.2, 0) is 4.79 Å². The maximum Gasteiger partial charge on any atom is 0.259 e. The third kappa shape index (κ3) is 4.30. The van der Waals surface area contributed by atoms with Crippen molar-refractivity contribution >= 4 is 5.91 Å². The molecule has 0 unspecified atom stereocenters. The second kappa shape index (κ2) is 8.49. The Morgan fingerprint density at radius 3 is 2.61 bits per heavy atom. The zero-order chi connectivity index (χ0) is 22.1. The van der Waals surface area contributed by atoms with Gasteiger partial charge in [0.1, 0.15) is 0 Å². The van der Waals surface area contributed by atoms with E-state index in [1.807, 2.05) is 30.4 Å². The quantitative estimate of drug-likeness (QED) is 0.674. The van der Waals surface area contributed by atoms with Crippen LogP contribution in [-0.4, -0.2) is 48.8 Å². The highest BCUT2D eigenvalue weighted by atomic mass is 16.5. The molecule has 0 spiro atoms. The van der Waals surface area contributed by atoms with Gasteiger partial charge in [-0.2, -0.15) is 10.1 Å². The number of hydrogen-bond donors (Lipinski definition) is 1. The Labute approximate surface area is 180 Å². The Kier molecular flexibility index (Phi) is 5.75. The molecule has 1 aliphatic heterocycles. The molecule has 9 heteroatoms. The molecule has 1 amide bonds. The fraction of sp³-hybridized carbons (Fsp3) is 0.500. The smallest absolute Gasteiger partial charge is 0.259 e. The molecule has 1 N–H and O–H groups in total. The number of nitrogens with one attached hydrogen (secondary N) is 1. The first-order chi connectivity index (χ1) is 14.8. The molecule has 0 bridgehead atoms. The predicted molar refractivity (Wildman–Crippen MR) is 115 cm³/mol. The zero-order valence-corrected chi connectivity index (χ0v) is 18.4. The third-order valence-electron chi connectivity index (χ3n) is 6.26. The van der Waals surface area contributed by atoms with E-state index < -0.39 is 0 Å². The van der Waals surface area contributed by atoms with E-state index in [1.54, 1.807) is 12.3 Å². The van der Waals surface area contributed by atoms with Gasteiger partial charge in [-0.15, -0.1) is 0 Å². The molecule has 0 aromatic carbocycles. The summed E-state index contributed by atoms with van der Waals surface area (Å²) in [6, 6.07) is 3.11. The molecule has 1 fully saturated rings. The summed E-state index contributed by atoms with van der Waals surface area (Å²) in [7, 11) is 0. The highest BCUT2D eigenvalue weighted by Gasteiger charge is 2.28. The fourth-order valence-electron chi connectivity index (χ4n) is 4.09. The minimum Gasteiger partial charge on any atom is -0.343 e. The summed E-state index contributed by atoms with van der Waals surface area (Å²) >= 11 is 0. The van der Waals surface area contributed by atoms with Gasteiger partial charge in [0.15, 0.2) is 5.82 Å². The average molecular weight is 425 g/mol. The number of aromatic nitrogens is 5. The van der Waals surface area contributed by atoms with Gasteiger partial charge in [0.25, 0.3) is 5.89 Å². The van der Waals surface area contributed by atoms with Crippen molar-refractivity contribution in [1.29, 1.82) is 0 Å². The van der Waals surface area contributed by atoms with Crippen LogP contribution in [0.5, 0.6) is 0 Å². The van der Waals surface area contributed by atoms with Crippen LogP contribution >= 0.6 is 0 Å². The SMILES string of the molecule is Cc1nn([C@@H](C)CC(=O)N2CCC(c3noc(-c4ccc(=O)[nH]c4)n3)CC2)c(C)c1C. The number of carbonyl (C=O) groups is 1. The van der Waals surface area contributed by atoms with Crippen LogP contribution in [0.4, 0.5) is 0 Å². The standard InChI is InChI=1S/C22H28N6O3/c1-13(28-16(4)14(2)15(3)25-28)11-20(30)27-9-7-17(8-10-27)21-24-22(31-26-21)18-5-6-19(29)23-12-18/h5-6,12-13,17H,7-11H2,1-4H3,(H,23,29)/t13-/m0/s1. The van der Waals surface area contributed by atoms with Gasteiger partial charge in [-0.1, -0.05) is 5.16 Å². The Hall–Kier alpha value is -3.23. The first kappa shape index (κ1) is 21.0. The molecule has 164 valence electrons. The molecule has 4 rings (SSSR count). The number of pyridine rings is 1. The van der Waals surface area contributed by atoms with Gasteiger partial charge in [0, 0.05) is 43.4 Å². The number of piperidine rings is 1. The topological polar surface area (TPSA) is 110 Å².